The number of esters is 1. The summed E-state index contributed by atoms with van der Waals surface area (Å²) < 4.78 is 9.48. The number of carbonyl (C=O) groups is 2. The van der Waals surface area contributed by atoms with Crippen LogP contribution in [0.3, 0.4) is 0 Å². The molecule has 1 amide bonds. The third-order valence-corrected chi connectivity index (χ3v) is 2.08. The predicted octanol–water partition coefficient (Wildman–Crippen LogP) is 2.02. The van der Waals surface area contributed by atoms with Gasteiger partial charge in [0.1, 0.15) is 13.2 Å². The second-order valence-electron chi connectivity index (χ2n) is 3.70. The van der Waals surface area contributed by atoms with Crippen LogP contribution in [-0.2, 0) is 14.3 Å². The van der Waals surface area contributed by atoms with Gasteiger partial charge in [-0.3, -0.25) is 0 Å². The first-order chi connectivity index (χ1) is 8.10. The van der Waals surface area contributed by atoms with Crippen molar-refractivity contribution in [1.29, 1.82) is 0 Å². The van der Waals surface area contributed by atoms with Gasteiger partial charge < -0.3 is 14.8 Å². The van der Waals surface area contributed by atoms with Crippen molar-refractivity contribution in [2.24, 2.45) is 0 Å². The smallest absolute Gasteiger partial charge is 0.407 e. The summed E-state index contributed by atoms with van der Waals surface area (Å²) in [5.41, 5.74) is 0. The van der Waals surface area contributed by atoms with Crippen LogP contribution in [0, 0.1) is 0 Å². The van der Waals surface area contributed by atoms with Crippen LogP contribution in [0.25, 0.3) is 0 Å². The van der Waals surface area contributed by atoms with Crippen molar-refractivity contribution in [2.45, 2.75) is 39.2 Å². The van der Waals surface area contributed by atoms with Gasteiger partial charge in [-0.15, -0.1) is 0 Å². The Bertz CT molecular complexity index is 253. The molecule has 0 aliphatic carbocycles. The summed E-state index contributed by atoms with van der Waals surface area (Å²) in [5, 5.41) is 2.70. The quantitative estimate of drug-likeness (QED) is 0.402. The molecule has 0 aromatic rings. The predicted molar refractivity (Wildman–Crippen MR) is 64.6 cm³/mol. The number of unbranched alkanes of at least 4 members (excludes halogenated alkanes) is 1. The van der Waals surface area contributed by atoms with E-state index in [1.807, 2.05) is 6.92 Å². The minimum Gasteiger partial charge on any atom is -0.459 e. The van der Waals surface area contributed by atoms with Crippen molar-refractivity contribution in [2.75, 3.05) is 13.2 Å². The lowest BCUT2D eigenvalue weighted by Crippen LogP contribution is -2.33. The van der Waals surface area contributed by atoms with E-state index < -0.39 is 12.1 Å². The Balaban J connectivity index is 3.52. The first-order valence-corrected chi connectivity index (χ1v) is 5.82. The molecule has 5 heteroatoms. The van der Waals surface area contributed by atoms with Gasteiger partial charge >= 0.3 is 12.1 Å². The summed E-state index contributed by atoms with van der Waals surface area (Å²) in [4.78, 5) is 21.9. The summed E-state index contributed by atoms with van der Waals surface area (Å²) in [7, 11) is 0. The van der Waals surface area contributed by atoms with Crippen molar-refractivity contribution in [1.82, 2.24) is 5.32 Å². The molecule has 0 rings (SSSR count). The zero-order valence-electron chi connectivity index (χ0n) is 10.5. The zero-order valence-corrected chi connectivity index (χ0v) is 10.5. The number of rotatable bonds is 8. The molecule has 0 fully saturated rings. The van der Waals surface area contributed by atoms with Crippen molar-refractivity contribution in [3.63, 3.8) is 0 Å². The van der Waals surface area contributed by atoms with E-state index in [0.29, 0.717) is 0 Å². The van der Waals surface area contributed by atoms with Crippen LogP contribution in [0.4, 0.5) is 4.79 Å². The largest absolute Gasteiger partial charge is 0.459 e. The molecule has 1 unspecified atom stereocenters. The molecule has 0 aromatic heterocycles. The summed E-state index contributed by atoms with van der Waals surface area (Å²) in [6.45, 7) is 7.36. The third kappa shape index (κ3) is 9.41. The van der Waals surface area contributed by atoms with E-state index in [4.69, 9.17) is 4.74 Å². The minimum absolute atomic E-state index is 0.0433. The zero-order chi connectivity index (χ0) is 13.1. The molecule has 0 saturated carbocycles. The van der Waals surface area contributed by atoms with Gasteiger partial charge in [-0.05, 0) is 13.3 Å². The van der Waals surface area contributed by atoms with E-state index >= 15 is 0 Å². The highest BCUT2D eigenvalue weighted by molar-refractivity contribution is 5.81. The van der Waals surface area contributed by atoms with Crippen LogP contribution < -0.4 is 5.32 Å². The van der Waals surface area contributed by atoms with Crippen molar-refractivity contribution in [3.05, 3.63) is 12.7 Å². The SMILES string of the molecule is C=CC(=O)OCCOC(=O)NC(C)CCCC. The molecule has 1 N–H and O–H groups in total. The van der Waals surface area contributed by atoms with Crippen molar-refractivity contribution in [3.8, 4) is 0 Å². The Morgan fingerprint density at radius 3 is 2.59 bits per heavy atom. The Hall–Kier alpha value is -1.52. The highest BCUT2D eigenvalue weighted by Gasteiger charge is 2.07. The average Bonchev–Trinajstić information content (AvgIpc) is 2.31. The molecular formula is C12H21NO4. The van der Waals surface area contributed by atoms with Crippen molar-refractivity contribution < 1.29 is 19.1 Å². The summed E-state index contributed by atoms with van der Waals surface area (Å²) in [6, 6.07) is 0.0955. The van der Waals surface area contributed by atoms with Crippen LogP contribution >= 0.6 is 0 Å². The summed E-state index contributed by atoms with van der Waals surface area (Å²) in [5.74, 6) is -0.523. The van der Waals surface area contributed by atoms with Crippen LogP contribution in [0.1, 0.15) is 33.1 Å². The van der Waals surface area contributed by atoms with Gasteiger partial charge in [-0.25, -0.2) is 9.59 Å². The number of ether oxygens (including phenoxy) is 2. The third-order valence-electron chi connectivity index (χ3n) is 2.08. The fraction of sp³-hybridized carbons (Fsp3) is 0.667. The molecule has 5 nitrogen and oxygen atoms in total. The molecule has 0 heterocycles. The Morgan fingerprint density at radius 1 is 1.35 bits per heavy atom. The maximum atomic E-state index is 11.2. The molecule has 0 bridgehead atoms. The molecule has 0 aliphatic rings. The number of nitrogens with one attached hydrogen (secondary N) is 1. The molecule has 98 valence electrons. The van der Waals surface area contributed by atoms with Crippen LogP contribution in [0.2, 0.25) is 0 Å². The van der Waals surface area contributed by atoms with Crippen molar-refractivity contribution >= 4 is 12.1 Å². The van der Waals surface area contributed by atoms with E-state index in [0.717, 1.165) is 25.3 Å². The standard InChI is InChI=1S/C12H21NO4/c1-4-6-7-10(3)13-12(15)17-9-8-16-11(14)5-2/h5,10H,2,4,6-9H2,1,3H3,(H,13,15). The van der Waals surface area contributed by atoms with Gasteiger partial charge in [-0.1, -0.05) is 26.3 Å². The maximum Gasteiger partial charge on any atom is 0.407 e. The Kier molecular flexibility index (Phi) is 8.82. The topological polar surface area (TPSA) is 64.6 Å². The second-order valence-corrected chi connectivity index (χ2v) is 3.70. The molecule has 0 aromatic carbocycles. The molecule has 0 saturated heterocycles. The van der Waals surface area contributed by atoms with Crippen LogP contribution in [0.5, 0.6) is 0 Å². The van der Waals surface area contributed by atoms with Gasteiger partial charge in [0.25, 0.3) is 0 Å². The number of amides is 1. The lowest BCUT2D eigenvalue weighted by molar-refractivity contribution is -0.138. The highest BCUT2D eigenvalue weighted by atomic mass is 16.6. The summed E-state index contributed by atoms with van der Waals surface area (Å²) in [6.07, 6.45) is 3.67. The second kappa shape index (κ2) is 9.69. The number of carbonyl (C=O) groups excluding carboxylic acids is 2. The maximum absolute atomic E-state index is 11.2. The molecule has 17 heavy (non-hydrogen) atoms. The molecule has 0 aliphatic heterocycles. The van der Waals surface area contributed by atoms with E-state index in [-0.39, 0.29) is 19.3 Å². The highest BCUT2D eigenvalue weighted by Crippen LogP contribution is 1.99. The minimum atomic E-state index is -0.523. The van der Waals surface area contributed by atoms with Gasteiger partial charge in [0.15, 0.2) is 0 Å². The fourth-order valence-corrected chi connectivity index (χ4v) is 1.16. The number of alkyl carbamates (subject to hydrolysis) is 1. The molecule has 0 radical (unpaired) electrons. The lowest BCUT2D eigenvalue weighted by Gasteiger charge is -2.13. The van der Waals surface area contributed by atoms with Gasteiger partial charge in [-0.2, -0.15) is 0 Å². The fourth-order valence-electron chi connectivity index (χ4n) is 1.16. The van der Waals surface area contributed by atoms with E-state index in [1.165, 1.54) is 0 Å². The first-order valence-electron chi connectivity index (χ1n) is 5.82. The Morgan fingerprint density at radius 2 is 2.00 bits per heavy atom. The first kappa shape index (κ1) is 15.5. The normalized spacial score (nSPS) is 11.4. The van der Waals surface area contributed by atoms with E-state index in [2.05, 4.69) is 23.6 Å². The van der Waals surface area contributed by atoms with E-state index in [1.54, 1.807) is 0 Å². The number of hydrogen-bond donors (Lipinski definition) is 1. The van der Waals surface area contributed by atoms with Gasteiger partial charge in [0.2, 0.25) is 0 Å². The van der Waals surface area contributed by atoms with Gasteiger partial charge in [0, 0.05) is 12.1 Å². The monoisotopic (exact) mass is 243 g/mol. The molecule has 0 spiro atoms. The lowest BCUT2D eigenvalue weighted by atomic mass is 10.1. The van der Waals surface area contributed by atoms with Crippen LogP contribution in [-0.4, -0.2) is 31.3 Å². The van der Waals surface area contributed by atoms with Gasteiger partial charge in [0.05, 0.1) is 0 Å². The molecule has 1 atom stereocenters. The van der Waals surface area contributed by atoms with E-state index in [9.17, 15) is 9.59 Å². The van der Waals surface area contributed by atoms with Crippen LogP contribution in [0.15, 0.2) is 12.7 Å². The summed E-state index contributed by atoms with van der Waals surface area (Å²) >= 11 is 0. The Labute approximate surface area is 102 Å². The molecular weight excluding hydrogens is 222 g/mol. The average molecular weight is 243 g/mol. The number of hydrogen-bond acceptors (Lipinski definition) is 4.